The maximum atomic E-state index is 13.5. The van der Waals surface area contributed by atoms with E-state index in [1.165, 1.54) is 30.7 Å². The molecule has 0 radical (unpaired) electrons. The molecule has 2 aromatic rings. The Kier molecular flexibility index (Phi) is 8.30. The van der Waals surface area contributed by atoms with Crippen LogP contribution in [0.15, 0.2) is 44.8 Å². The Bertz CT molecular complexity index is 1360. The second kappa shape index (κ2) is 10.7. The summed E-state index contributed by atoms with van der Waals surface area (Å²) in [6.07, 6.45) is 9.76. The summed E-state index contributed by atoms with van der Waals surface area (Å²) >= 11 is 0. The minimum absolute atomic E-state index is 0.0183. The second-order valence-electron chi connectivity index (χ2n) is 11.1. The molecule has 9 nitrogen and oxygen atoms in total. The van der Waals surface area contributed by atoms with E-state index in [9.17, 15) is 22.8 Å². The van der Waals surface area contributed by atoms with Gasteiger partial charge in [0.1, 0.15) is 0 Å². The zero-order valence-corrected chi connectivity index (χ0v) is 22.3. The van der Waals surface area contributed by atoms with Crippen LogP contribution in [0.25, 0.3) is 10.9 Å². The quantitative estimate of drug-likeness (QED) is 0.453. The van der Waals surface area contributed by atoms with Crippen molar-refractivity contribution in [2.24, 2.45) is 5.41 Å². The normalized spacial score (nSPS) is 16.8. The molecule has 0 aliphatic heterocycles. The van der Waals surface area contributed by atoms with Gasteiger partial charge in [-0.25, -0.2) is 22.7 Å². The van der Waals surface area contributed by atoms with Crippen LogP contribution in [0.2, 0.25) is 0 Å². The highest BCUT2D eigenvalue weighted by Crippen LogP contribution is 2.32. The summed E-state index contributed by atoms with van der Waals surface area (Å²) in [5.74, 6) is -1.08. The van der Waals surface area contributed by atoms with Gasteiger partial charge in [-0.05, 0) is 56.7 Å². The van der Waals surface area contributed by atoms with Gasteiger partial charge in [0, 0.05) is 17.7 Å². The number of fused-ring (bicyclic) bond motifs is 1. The molecule has 3 rings (SSSR count). The molecular formula is C26H37N3O6S. The predicted octanol–water partition coefficient (Wildman–Crippen LogP) is 3.87. The zero-order chi connectivity index (χ0) is 26.7. The third-order valence-electron chi connectivity index (χ3n) is 6.78. The van der Waals surface area contributed by atoms with Gasteiger partial charge in [-0.1, -0.05) is 52.0 Å². The number of H-pyrrole nitrogens is 1. The van der Waals surface area contributed by atoms with Gasteiger partial charge in [-0.3, -0.25) is 9.36 Å². The van der Waals surface area contributed by atoms with Crippen molar-refractivity contribution >= 4 is 26.9 Å². The molecule has 0 bridgehead atoms. The fraction of sp³-hybridized carbons (Fsp3) is 0.577. The number of benzene rings is 1. The van der Waals surface area contributed by atoms with Crippen molar-refractivity contribution in [1.82, 2.24) is 14.3 Å². The third kappa shape index (κ3) is 6.73. The maximum absolute atomic E-state index is 13.5. The number of hydrogen-bond donors (Lipinski definition) is 3. The maximum Gasteiger partial charge on any atom is 0.329 e. The van der Waals surface area contributed by atoms with Gasteiger partial charge in [0.2, 0.25) is 10.0 Å². The molecule has 0 amide bonds. The van der Waals surface area contributed by atoms with Crippen LogP contribution in [0.5, 0.6) is 0 Å². The van der Waals surface area contributed by atoms with E-state index < -0.39 is 38.2 Å². The van der Waals surface area contributed by atoms with Crippen molar-refractivity contribution in [3.8, 4) is 0 Å². The number of aliphatic carboxylic acids is 1. The molecule has 0 saturated heterocycles. The van der Waals surface area contributed by atoms with E-state index in [4.69, 9.17) is 5.11 Å². The van der Waals surface area contributed by atoms with E-state index in [0.717, 1.165) is 49.2 Å². The number of carbonyl (C=O) groups is 1. The summed E-state index contributed by atoms with van der Waals surface area (Å²) in [4.78, 5) is 40.1. The van der Waals surface area contributed by atoms with Crippen LogP contribution in [0.4, 0.5) is 0 Å². The molecule has 0 unspecified atom stereocenters. The third-order valence-corrected chi connectivity index (χ3v) is 8.30. The van der Waals surface area contributed by atoms with Crippen molar-refractivity contribution < 1.29 is 18.3 Å². The molecule has 0 spiro atoms. The molecule has 1 saturated carbocycles. The summed E-state index contributed by atoms with van der Waals surface area (Å²) in [6.45, 7) is 7.09. The number of sulfonamides is 1. The number of rotatable bonds is 8. The predicted molar refractivity (Wildman–Crippen MR) is 140 cm³/mol. The number of nitrogens with zero attached hydrogens (tertiary/aromatic N) is 1. The molecule has 1 heterocycles. The van der Waals surface area contributed by atoms with Crippen molar-refractivity contribution in [3.05, 3.63) is 51.2 Å². The van der Waals surface area contributed by atoms with Gasteiger partial charge in [0.05, 0.1) is 15.8 Å². The summed E-state index contributed by atoms with van der Waals surface area (Å²) < 4.78 is 30.2. The number of aromatic nitrogens is 2. The van der Waals surface area contributed by atoms with Crippen LogP contribution in [0.1, 0.15) is 79.1 Å². The first-order valence-corrected chi connectivity index (χ1v) is 13.9. The lowest BCUT2D eigenvalue weighted by molar-refractivity contribution is -0.131. The molecule has 1 aliphatic carbocycles. The van der Waals surface area contributed by atoms with Gasteiger partial charge in [0.15, 0.2) is 0 Å². The summed E-state index contributed by atoms with van der Waals surface area (Å²) in [6, 6.07) is 4.03. The number of carboxylic acids is 1. The van der Waals surface area contributed by atoms with E-state index in [0.29, 0.717) is 6.42 Å². The summed E-state index contributed by atoms with van der Waals surface area (Å²) in [7, 11) is -3.85. The van der Waals surface area contributed by atoms with Gasteiger partial charge in [-0.15, -0.1) is 0 Å². The fourth-order valence-electron chi connectivity index (χ4n) is 5.32. The lowest BCUT2D eigenvalue weighted by Crippen LogP contribution is -2.48. The molecule has 198 valence electrons. The highest BCUT2D eigenvalue weighted by atomic mass is 32.2. The average Bonchev–Trinajstić information content (AvgIpc) is 2.73. The molecule has 1 aliphatic rings. The number of nitrogens with one attached hydrogen (secondary N) is 2. The lowest BCUT2D eigenvalue weighted by atomic mass is 9.79. The van der Waals surface area contributed by atoms with Crippen LogP contribution in [0, 0.1) is 5.41 Å². The topological polar surface area (TPSA) is 138 Å². The summed E-state index contributed by atoms with van der Waals surface area (Å²) in [5.41, 5.74) is -2.57. The smallest absolute Gasteiger partial charge is 0.329 e. The average molecular weight is 520 g/mol. The van der Waals surface area contributed by atoms with Crippen LogP contribution in [-0.2, 0) is 20.4 Å². The Morgan fingerprint density at radius 2 is 1.72 bits per heavy atom. The molecule has 1 aromatic heterocycles. The minimum atomic E-state index is -3.85. The molecular weight excluding hydrogens is 482 g/mol. The molecule has 1 aromatic carbocycles. The fourth-order valence-corrected chi connectivity index (χ4v) is 6.65. The first-order valence-electron chi connectivity index (χ1n) is 12.5. The summed E-state index contributed by atoms with van der Waals surface area (Å²) in [5, 5.41) is 9.07. The number of carboxylic acid groups (broad SMARTS) is 1. The van der Waals surface area contributed by atoms with E-state index in [1.807, 2.05) is 13.8 Å². The number of hydrogen-bond acceptors (Lipinski definition) is 5. The van der Waals surface area contributed by atoms with Crippen molar-refractivity contribution in [1.29, 1.82) is 0 Å². The zero-order valence-electron chi connectivity index (χ0n) is 21.5. The Morgan fingerprint density at radius 3 is 2.33 bits per heavy atom. The molecule has 10 heteroatoms. The molecule has 36 heavy (non-hydrogen) atoms. The van der Waals surface area contributed by atoms with Crippen LogP contribution < -0.4 is 16.0 Å². The Morgan fingerprint density at radius 1 is 1.11 bits per heavy atom. The van der Waals surface area contributed by atoms with E-state index in [-0.39, 0.29) is 21.8 Å². The SMILES string of the molecule is CC(C)(/C=C/C(=O)O)CC(C)(C)n1c(=O)[nH]c2ccc(S(=O)(=O)NC3CCCCCCC3)cc2c1=O. The highest BCUT2D eigenvalue weighted by Gasteiger charge is 2.32. The first-order chi connectivity index (χ1) is 16.7. The van der Waals surface area contributed by atoms with Crippen LogP contribution in [0.3, 0.4) is 0 Å². The van der Waals surface area contributed by atoms with Crippen molar-refractivity contribution in [2.45, 2.75) is 95.5 Å². The van der Waals surface area contributed by atoms with Gasteiger partial charge >= 0.3 is 11.7 Å². The number of aromatic amines is 1. The first kappa shape index (κ1) is 27.9. The van der Waals surface area contributed by atoms with Gasteiger partial charge < -0.3 is 10.1 Å². The molecule has 0 atom stereocenters. The minimum Gasteiger partial charge on any atom is -0.478 e. The van der Waals surface area contributed by atoms with E-state index in [2.05, 4.69) is 9.71 Å². The highest BCUT2D eigenvalue weighted by molar-refractivity contribution is 7.89. The van der Waals surface area contributed by atoms with Gasteiger partial charge in [-0.2, -0.15) is 0 Å². The largest absolute Gasteiger partial charge is 0.478 e. The molecule has 3 N–H and O–H groups in total. The second-order valence-corrected chi connectivity index (χ2v) is 12.8. The lowest BCUT2D eigenvalue weighted by Gasteiger charge is -2.34. The van der Waals surface area contributed by atoms with Crippen molar-refractivity contribution in [2.75, 3.05) is 0 Å². The Labute approximate surface area is 211 Å². The van der Waals surface area contributed by atoms with Crippen LogP contribution in [-0.4, -0.2) is 35.1 Å². The standard InChI is InChI=1S/C26H37N3O6S/c1-25(2,15-14-22(30)31)17-26(3,4)29-23(32)20-16-19(12-13-21(20)27-24(29)33)36(34,35)28-18-10-8-6-5-7-9-11-18/h12-16,18,28H,5-11,17H2,1-4H3,(H,27,33)(H,30,31)/b15-14+. The van der Waals surface area contributed by atoms with Crippen LogP contribution >= 0.6 is 0 Å². The Balaban J connectivity index is 2.00. The van der Waals surface area contributed by atoms with E-state index >= 15 is 0 Å². The molecule has 1 fully saturated rings. The van der Waals surface area contributed by atoms with Gasteiger partial charge in [0.25, 0.3) is 5.56 Å². The Hall–Kier alpha value is -2.72. The van der Waals surface area contributed by atoms with E-state index in [1.54, 1.807) is 13.8 Å². The van der Waals surface area contributed by atoms with Crippen molar-refractivity contribution in [3.63, 3.8) is 0 Å². The monoisotopic (exact) mass is 519 g/mol. The number of allylic oxidation sites excluding steroid dienone is 1.